The topological polar surface area (TPSA) is 237 Å². The van der Waals surface area contributed by atoms with Crippen LogP contribution in [0.1, 0.15) is 299 Å². The fourth-order valence-corrected chi connectivity index (χ4v) is 10.8. The normalized spacial score (nSPS) is 15.1. The van der Waals surface area contributed by atoms with Crippen LogP contribution < -0.4 is 0 Å². The number of carbonyl (C=O) groups is 4. The predicted molar refractivity (Wildman–Crippen MR) is 340 cm³/mol. The lowest BCUT2D eigenvalue weighted by Gasteiger charge is -2.21. The van der Waals surface area contributed by atoms with Gasteiger partial charge in [-0.15, -0.1) is 0 Å². The molecule has 0 spiro atoms. The van der Waals surface area contributed by atoms with E-state index in [4.69, 9.17) is 37.0 Å². The summed E-state index contributed by atoms with van der Waals surface area (Å²) < 4.78 is 68.0. The Hall–Kier alpha value is -2.46. The van der Waals surface area contributed by atoms with Gasteiger partial charge in [-0.05, 0) is 69.1 Å². The van der Waals surface area contributed by atoms with Gasteiger partial charge in [-0.3, -0.25) is 37.3 Å². The van der Waals surface area contributed by atoms with Gasteiger partial charge in [0, 0.05) is 25.7 Å². The average Bonchev–Trinajstić information content (AvgIpc) is 3.61. The number of rotatable bonds is 62. The maximum Gasteiger partial charge on any atom is 0.472 e. The predicted octanol–water partition coefficient (Wildman–Crippen LogP) is 17.8. The summed E-state index contributed by atoms with van der Waals surface area (Å²) in [5, 5.41) is 10.5. The lowest BCUT2D eigenvalue weighted by atomic mass is 10.00. The summed E-state index contributed by atoms with van der Waals surface area (Å²) in [5.74, 6) is -0.0191. The maximum absolute atomic E-state index is 13.0. The number of aliphatic hydroxyl groups is 1. The minimum atomic E-state index is -4.96. The number of allylic oxidation sites excluding steroid dienone is 4. The van der Waals surface area contributed by atoms with Gasteiger partial charge < -0.3 is 33.8 Å². The first-order valence-electron chi connectivity index (χ1n) is 33.7. The van der Waals surface area contributed by atoms with Crippen LogP contribution in [0.5, 0.6) is 0 Å². The van der Waals surface area contributed by atoms with Gasteiger partial charge in [0.2, 0.25) is 0 Å². The molecular weight excluding hydrogens is 1130 g/mol. The van der Waals surface area contributed by atoms with Crippen LogP contribution in [0.25, 0.3) is 0 Å². The zero-order valence-corrected chi connectivity index (χ0v) is 56.3. The number of unbranched alkanes of at least 4 members (excludes halogenated alkanes) is 25. The Morgan fingerprint density at radius 2 is 0.694 bits per heavy atom. The Morgan fingerprint density at radius 1 is 0.388 bits per heavy atom. The van der Waals surface area contributed by atoms with Gasteiger partial charge in [-0.1, -0.05) is 246 Å². The minimum absolute atomic E-state index is 0.0834. The smallest absolute Gasteiger partial charge is 0.462 e. The first-order chi connectivity index (χ1) is 40.8. The van der Waals surface area contributed by atoms with Crippen molar-refractivity contribution in [3.05, 3.63) is 24.3 Å². The Bertz CT molecular complexity index is 1780. The van der Waals surface area contributed by atoms with Crippen LogP contribution in [-0.2, 0) is 65.4 Å². The highest BCUT2D eigenvalue weighted by molar-refractivity contribution is 7.47. The van der Waals surface area contributed by atoms with Crippen molar-refractivity contribution in [2.24, 2.45) is 17.8 Å². The number of esters is 4. The molecule has 0 aromatic rings. The highest BCUT2D eigenvalue weighted by Gasteiger charge is 2.30. The van der Waals surface area contributed by atoms with Gasteiger partial charge >= 0.3 is 39.5 Å². The average molecular weight is 1250 g/mol. The van der Waals surface area contributed by atoms with Crippen LogP contribution in [0.2, 0.25) is 0 Å². The number of aliphatic hydroxyl groups excluding tert-OH is 1. The second-order valence-corrected chi connectivity index (χ2v) is 27.0. The molecule has 0 heterocycles. The van der Waals surface area contributed by atoms with Gasteiger partial charge in [0.05, 0.1) is 26.4 Å². The lowest BCUT2D eigenvalue weighted by molar-refractivity contribution is -0.161. The van der Waals surface area contributed by atoms with Crippen LogP contribution >= 0.6 is 15.6 Å². The number of ether oxygens (including phenoxy) is 4. The SMILES string of the molecule is CCCCCC/C=C\C=C/CCCCCCCC(=O)O[C@H](COC(=O)CCCCCCCCCC(C)C)COP(=O)(O)OC[C@@H](O)COP(=O)(O)OC[C@@H](COC(=O)CCCCCCCCC(C)CC)OC(=O)CCCCCCCCC(C)CC. The van der Waals surface area contributed by atoms with Crippen molar-refractivity contribution < 1.29 is 80.2 Å². The third kappa shape index (κ3) is 57.7. The first-order valence-corrected chi connectivity index (χ1v) is 36.7. The van der Waals surface area contributed by atoms with Crippen molar-refractivity contribution in [3.63, 3.8) is 0 Å². The molecule has 17 nitrogen and oxygen atoms in total. The zero-order chi connectivity index (χ0) is 63.1. The Morgan fingerprint density at radius 3 is 1.05 bits per heavy atom. The largest absolute Gasteiger partial charge is 0.472 e. The molecule has 0 saturated heterocycles. The summed E-state index contributed by atoms with van der Waals surface area (Å²) in [6, 6.07) is 0. The van der Waals surface area contributed by atoms with Crippen LogP contribution in [0.15, 0.2) is 24.3 Å². The van der Waals surface area contributed by atoms with Crippen LogP contribution in [0.4, 0.5) is 0 Å². The number of carbonyl (C=O) groups excluding carboxylic acids is 4. The van der Waals surface area contributed by atoms with E-state index in [1.54, 1.807) is 0 Å². The molecule has 7 atom stereocenters. The molecule has 0 aromatic heterocycles. The Labute approximate surface area is 516 Å². The van der Waals surface area contributed by atoms with E-state index in [0.717, 1.165) is 127 Å². The molecular formula is C66H124O17P2. The van der Waals surface area contributed by atoms with Gasteiger partial charge in [0.1, 0.15) is 19.3 Å². The minimum Gasteiger partial charge on any atom is -0.462 e. The van der Waals surface area contributed by atoms with Crippen molar-refractivity contribution in [1.82, 2.24) is 0 Å². The highest BCUT2D eigenvalue weighted by Crippen LogP contribution is 2.45. The summed E-state index contributed by atoms with van der Waals surface area (Å²) in [6.45, 7) is 11.6. The molecule has 0 fully saturated rings. The zero-order valence-electron chi connectivity index (χ0n) is 54.5. The molecule has 19 heteroatoms. The van der Waals surface area contributed by atoms with Crippen molar-refractivity contribution in [2.45, 2.75) is 317 Å². The number of hydrogen-bond acceptors (Lipinski definition) is 15. The molecule has 85 heavy (non-hydrogen) atoms. The number of hydrogen-bond donors (Lipinski definition) is 3. The quantitative estimate of drug-likeness (QED) is 0.0169. The van der Waals surface area contributed by atoms with Crippen LogP contribution in [-0.4, -0.2) is 96.7 Å². The lowest BCUT2D eigenvalue weighted by Crippen LogP contribution is -2.30. The van der Waals surface area contributed by atoms with Gasteiger partial charge in [-0.2, -0.15) is 0 Å². The number of phosphoric acid groups is 2. The Balaban J connectivity index is 5.29. The van der Waals surface area contributed by atoms with E-state index in [2.05, 4.69) is 72.8 Å². The van der Waals surface area contributed by atoms with E-state index in [0.29, 0.717) is 31.6 Å². The maximum atomic E-state index is 13.0. The second kappa shape index (κ2) is 56.8. The van der Waals surface area contributed by atoms with Crippen molar-refractivity contribution >= 4 is 39.5 Å². The van der Waals surface area contributed by atoms with E-state index in [1.807, 2.05) is 0 Å². The fourth-order valence-electron chi connectivity index (χ4n) is 9.23. The van der Waals surface area contributed by atoms with Gasteiger partial charge in [0.25, 0.3) is 0 Å². The third-order valence-corrected chi connectivity index (χ3v) is 17.1. The molecule has 0 amide bonds. The summed E-state index contributed by atoms with van der Waals surface area (Å²) in [5.41, 5.74) is 0. The van der Waals surface area contributed by atoms with E-state index in [9.17, 15) is 43.2 Å². The van der Waals surface area contributed by atoms with Crippen molar-refractivity contribution in [1.29, 1.82) is 0 Å². The van der Waals surface area contributed by atoms with Crippen LogP contribution in [0, 0.1) is 17.8 Å². The molecule has 0 aliphatic rings. The van der Waals surface area contributed by atoms with Crippen molar-refractivity contribution in [3.8, 4) is 0 Å². The van der Waals surface area contributed by atoms with E-state index in [1.165, 1.54) is 83.5 Å². The molecule has 4 unspecified atom stereocenters. The van der Waals surface area contributed by atoms with Gasteiger partial charge in [0.15, 0.2) is 12.2 Å². The van der Waals surface area contributed by atoms with Gasteiger partial charge in [-0.25, -0.2) is 9.13 Å². The molecule has 500 valence electrons. The molecule has 0 bridgehead atoms. The fraction of sp³-hybridized carbons (Fsp3) is 0.879. The summed E-state index contributed by atoms with van der Waals surface area (Å²) in [7, 11) is -9.91. The summed E-state index contributed by atoms with van der Waals surface area (Å²) in [4.78, 5) is 72.3. The summed E-state index contributed by atoms with van der Waals surface area (Å²) >= 11 is 0. The Kier molecular flexibility index (Phi) is 55.1. The summed E-state index contributed by atoms with van der Waals surface area (Å²) in [6.07, 6.45) is 41.3. The second-order valence-electron chi connectivity index (χ2n) is 24.1. The van der Waals surface area contributed by atoms with Crippen LogP contribution in [0.3, 0.4) is 0 Å². The molecule has 0 saturated carbocycles. The molecule has 0 aliphatic heterocycles. The van der Waals surface area contributed by atoms with Crippen molar-refractivity contribution in [2.75, 3.05) is 39.6 Å². The number of phosphoric ester groups is 2. The molecule has 0 aromatic carbocycles. The van der Waals surface area contributed by atoms with E-state index >= 15 is 0 Å². The van der Waals surface area contributed by atoms with E-state index < -0.39 is 97.5 Å². The highest BCUT2D eigenvalue weighted by atomic mass is 31.2. The molecule has 0 radical (unpaired) electrons. The monoisotopic (exact) mass is 1250 g/mol. The molecule has 3 N–H and O–H groups in total. The van der Waals surface area contributed by atoms with E-state index in [-0.39, 0.29) is 25.7 Å². The molecule has 0 rings (SSSR count). The standard InChI is InChI=1S/C66H124O17P2/c1-8-11-12-13-14-15-16-17-18-19-20-21-24-35-42-49-65(70)82-61(53-76-63(68)47-40-33-25-22-23-30-37-44-57(4)5)55-80-84(72,73)78-51-60(67)52-79-85(74,75)81-56-62(83-66(71)50-43-36-29-27-32-39-46-59(7)10-3)54-77-64(69)48-41-34-28-26-31-38-45-58(6)9-2/h15-18,57-62,67H,8-14,19-56H2,1-7H3,(H,72,73)(H,74,75)/b16-15-,18-17-/t58?,59?,60-,61-,62-/m1/s1. The third-order valence-electron chi connectivity index (χ3n) is 15.2. The molecule has 0 aliphatic carbocycles. The first kappa shape index (κ1) is 82.5.